The van der Waals surface area contributed by atoms with Crippen LogP contribution in [0.1, 0.15) is 11.1 Å². The van der Waals surface area contributed by atoms with E-state index in [-0.39, 0.29) is 17.4 Å². The second-order valence-corrected chi connectivity index (χ2v) is 6.93. The van der Waals surface area contributed by atoms with Crippen molar-refractivity contribution in [2.75, 3.05) is 45.0 Å². The Hall–Kier alpha value is -2.84. The van der Waals surface area contributed by atoms with E-state index in [0.717, 1.165) is 54.5 Å². The molecule has 2 aromatic rings. The molecule has 0 atom stereocenters. The summed E-state index contributed by atoms with van der Waals surface area (Å²) in [5.74, 6) is 1.58. The summed E-state index contributed by atoms with van der Waals surface area (Å²) in [6.45, 7) is 4.64. The van der Waals surface area contributed by atoms with Crippen molar-refractivity contribution in [1.82, 2.24) is 4.90 Å². The predicted octanol–water partition coefficient (Wildman–Crippen LogP) is 2.79. The Labute approximate surface area is 163 Å². The third-order valence-corrected chi connectivity index (χ3v) is 5.17. The molecule has 0 saturated carbocycles. The van der Waals surface area contributed by atoms with Crippen molar-refractivity contribution in [3.8, 4) is 11.5 Å². The largest absolute Gasteiger partial charge is 0.497 e. The zero-order valence-corrected chi connectivity index (χ0v) is 15.8. The van der Waals surface area contributed by atoms with E-state index in [1.807, 2.05) is 18.2 Å². The van der Waals surface area contributed by atoms with Crippen LogP contribution in [0.2, 0.25) is 0 Å². The lowest BCUT2D eigenvalue weighted by molar-refractivity contribution is -0.385. The molecule has 4 rings (SSSR count). The molecule has 0 bridgehead atoms. The fourth-order valence-corrected chi connectivity index (χ4v) is 3.72. The predicted molar refractivity (Wildman–Crippen MR) is 104 cm³/mol. The zero-order valence-electron chi connectivity index (χ0n) is 15.8. The van der Waals surface area contributed by atoms with E-state index in [1.165, 1.54) is 0 Å². The number of benzene rings is 2. The molecule has 8 nitrogen and oxygen atoms in total. The first-order chi connectivity index (χ1) is 13.6. The summed E-state index contributed by atoms with van der Waals surface area (Å²) in [7, 11) is 1.67. The first-order valence-corrected chi connectivity index (χ1v) is 9.26. The van der Waals surface area contributed by atoms with E-state index in [4.69, 9.17) is 14.2 Å². The Morgan fingerprint density at radius 2 is 2.00 bits per heavy atom. The van der Waals surface area contributed by atoms with Crippen molar-refractivity contribution in [1.29, 1.82) is 0 Å². The fraction of sp³-hybridized carbons (Fsp3) is 0.400. The number of nitro groups is 1. The van der Waals surface area contributed by atoms with Crippen LogP contribution in [0.4, 0.5) is 11.4 Å². The van der Waals surface area contributed by atoms with Gasteiger partial charge in [-0.2, -0.15) is 0 Å². The Bertz CT molecular complexity index is 865. The summed E-state index contributed by atoms with van der Waals surface area (Å²) in [6.07, 6.45) is 0. The third-order valence-electron chi connectivity index (χ3n) is 5.17. The topological polar surface area (TPSA) is 77.3 Å². The highest BCUT2D eigenvalue weighted by Crippen LogP contribution is 2.33. The van der Waals surface area contributed by atoms with Crippen LogP contribution in [0.5, 0.6) is 11.5 Å². The number of hydrogen-bond donors (Lipinski definition) is 0. The van der Waals surface area contributed by atoms with Gasteiger partial charge in [0.25, 0.3) is 5.69 Å². The lowest BCUT2D eigenvalue weighted by atomic mass is 10.1. The maximum Gasteiger partial charge on any atom is 0.270 e. The molecule has 1 saturated heterocycles. The van der Waals surface area contributed by atoms with Gasteiger partial charge in [0.2, 0.25) is 0 Å². The molecule has 8 heteroatoms. The van der Waals surface area contributed by atoms with Gasteiger partial charge in [-0.25, -0.2) is 0 Å². The van der Waals surface area contributed by atoms with Crippen LogP contribution in [0.3, 0.4) is 0 Å². The van der Waals surface area contributed by atoms with E-state index >= 15 is 0 Å². The van der Waals surface area contributed by atoms with E-state index in [0.29, 0.717) is 13.2 Å². The molecular formula is C20H23N3O5. The van der Waals surface area contributed by atoms with E-state index in [1.54, 1.807) is 19.2 Å². The van der Waals surface area contributed by atoms with Crippen molar-refractivity contribution in [2.45, 2.75) is 13.2 Å². The molecule has 0 amide bonds. The molecular weight excluding hydrogens is 362 g/mol. The molecule has 148 valence electrons. The monoisotopic (exact) mass is 385 g/mol. The maximum atomic E-state index is 11.3. The number of nitro benzene ring substituents is 1. The Morgan fingerprint density at radius 1 is 1.18 bits per heavy atom. The molecule has 28 heavy (non-hydrogen) atoms. The van der Waals surface area contributed by atoms with Gasteiger partial charge in [-0.05, 0) is 12.1 Å². The molecule has 2 aromatic carbocycles. The molecule has 0 unspecified atom stereocenters. The standard InChI is InChI=1S/C20H23N3O5/c1-26-19-4-2-3-17(11-19)22-7-5-21(6-8-22)12-15-9-18(23(24)25)10-16-13-27-14-28-20(15)16/h2-4,9-11H,5-8,12-14H2,1H3. The van der Waals surface area contributed by atoms with E-state index < -0.39 is 0 Å². The molecule has 0 N–H and O–H groups in total. The number of rotatable bonds is 5. The number of methoxy groups -OCH3 is 1. The van der Waals surface area contributed by atoms with E-state index in [9.17, 15) is 10.1 Å². The van der Waals surface area contributed by atoms with Gasteiger partial charge in [-0.3, -0.25) is 15.0 Å². The summed E-state index contributed by atoms with van der Waals surface area (Å²) in [5, 5.41) is 11.3. The van der Waals surface area contributed by atoms with Gasteiger partial charge in [0, 0.05) is 67.7 Å². The van der Waals surface area contributed by atoms with Gasteiger partial charge in [0.05, 0.1) is 18.6 Å². The fourth-order valence-electron chi connectivity index (χ4n) is 3.72. The summed E-state index contributed by atoms with van der Waals surface area (Å²) in [5.41, 5.74) is 2.82. The van der Waals surface area contributed by atoms with Crippen LogP contribution < -0.4 is 14.4 Å². The highest BCUT2D eigenvalue weighted by molar-refractivity contribution is 5.52. The molecule has 0 radical (unpaired) electrons. The second-order valence-electron chi connectivity index (χ2n) is 6.93. The highest BCUT2D eigenvalue weighted by Gasteiger charge is 2.24. The van der Waals surface area contributed by atoms with Crippen LogP contribution in [0.15, 0.2) is 36.4 Å². The minimum atomic E-state index is -0.362. The first kappa shape index (κ1) is 18.5. The molecule has 0 spiro atoms. The maximum absolute atomic E-state index is 11.3. The van der Waals surface area contributed by atoms with Crippen molar-refractivity contribution in [3.05, 3.63) is 57.6 Å². The van der Waals surface area contributed by atoms with Gasteiger partial charge in [0.1, 0.15) is 11.5 Å². The molecule has 2 aliphatic heterocycles. The number of hydrogen-bond acceptors (Lipinski definition) is 7. The quantitative estimate of drug-likeness (QED) is 0.578. The lowest BCUT2D eigenvalue weighted by Crippen LogP contribution is -2.46. The van der Waals surface area contributed by atoms with Crippen molar-refractivity contribution in [3.63, 3.8) is 0 Å². The number of nitrogens with zero attached hydrogens (tertiary/aromatic N) is 3. The number of ether oxygens (including phenoxy) is 3. The van der Waals surface area contributed by atoms with Crippen molar-refractivity contribution in [2.24, 2.45) is 0 Å². The van der Waals surface area contributed by atoms with Crippen LogP contribution >= 0.6 is 0 Å². The summed E-state index contributed by atoms with van der Waals surface area (Å²) < 4.78 is 16.2. The molecule has 2 aliphatic rings. The number of fused-ring (bicyclic) bond motifs is 1. The smallest absolute Gasteiger partial charge is 0.270 e. The van der Waals surface area contributed by atoms with Gasteiger partial charge >= 0.3 is 0 Å². The SMILES string of the molecule is COc1cccc(N2CCN(Cc3cc([N+](=O)[O-])cc4c3OCOC4)CC2)c1. The van der Waals surface area contributed by atoms with E-state index in [2.05, 4.69) is 15.9 Å². The average molecular weight is 385 g/mol. The van der Waals surface area contributed by atoms with Crippen LogP contribution in [-0.4, -0.2) is 49.9 Å². The van der Waals surface area contributed by atoms with Gasteiger partial charge in [0.15, 0.2) is 6.79 Å². The summed E-state index contributed by atoms with van der Waals surface area (Å²) in [4.78, 5) is 15.5. The third kappa shape index (κ3) is 3.88. The highest BCUT2D eigenvalue weighted by atomic mass is 16.7. The van der Waals surface area contributed by atoms with Crippen molar-refractivity contribution < 1.29 is 19.1 Å². The molecule has 0 aliphatic carbocycles. The summed E-state index contributed by atoms with van der Waals surface area (Å²) in [6, 6.07) is 11.2. The first-order valence-electron chi connectivity index (χ1n) is 9.26. The second kappa shape index (κ2) is 8.04. The van der Waals surface area contributed by atoms with Crippen LogP contribution in [0, 0.1) is 10.1 Å². The Kier molecular flexibility index (Phi) is 5.31. The minimum absolute atomic E-state index is 0.0814. The minimum Gasteiger partial charge on any atom is -0.497 e. The van der Waals surface area contributed by atoms with Gasteiger partial charge < -0.3 is 19.1 Å². The number of non-ortho nitro benzene ring substituents is 1. The Balaban J connectivity index is 1.46. The lowest BCUT2D eigenvalue weighted by Gasteiger charge is -2.36. The molecule has 0 aromatic heterocycles. The van der Waals surface area contributed by atoms with Crippen molar-refractivity contribution >= 4 is 11.4 Å². The zero-order chi connectivity index (χ0) is 19.5. The van der Waals surface area contributed by atoms with Crippen LogP contribution in [-0.2, 0) is 17.9 Å². The molecule has 1 fully saturated rings. The summed E-state index contributed by atoms with van der Waals surface area (Å²) >= 11 is 0. The molecule has 2 heterocycles. The number of piperazine rings is 1. The normalized spacial score (nSPS) is 17.0. The number of anilines is 1. The van der Waals surface area contributed by atoms with Gasteiger partial charge in [-0.1, -0.05) is 6.07 Å². The Morgan fingerprint density at radius 3 is 2.75 bits per heavy atom. The average Bonchev–Trinajstić information content (AvgIpc) is 2.74. The van der Waals surface area contributed by atoms with Crippen LogP contribution in [0.25, 0.3) is 0 Å². The van der Waals surface area contributed by atoms with Gasteiger partial charge in [-0.15, -0.1) is 0 Å².